The molecule has 3 rings (SSSR count). The third-order valence-corrected chi connectivity index (χ3v) is 4.23. The first kappa shape index (κ1) is 11.3. The molecule has 1 aromatic rings. The molecule has 1 aliphatic carbocycles. The predicted molar refractivity (Wildman–Crippen MR) is 67.4 cm³/mol. The average molecular weight is 249 g/mol. The Morgan fingerprint density at radius 3 is 2.72 bits per heavy atom. The van der Waals surface area contributed by atoms with E-state index in [4.69, 9.17) is 16.2 Å². The van der Waals surface area contributed by atoms with Crippen molar-refractivity contribution in [3.63, 3.8) is 0 Å². The number of rotatable bonds is 1. The molecular weight excluding hydrogens is 233 g/mol. The zero-order chi connectivity index (χ0) is 13.0. The molecule has 4 N–H and O–H groups in total. The molecule has 18 heavy (non-hydrogen) atoms. The van der Waals surface area contributed by atoms with Gasteiger partial charge in [-0.3, -0.25) is 0 Å². The largest absolute Gasteiger partial charge is 0.465 e. The van der Waals surface area contributed by atoms with Gasteiger partial charge in [-0.25, -0.2) is 9.38 Å². The predicted octanol–water partition coefficient (Wildman–Crippen LogP) is 1.75. The molecular formula is C13H16FN3O. The van der Waals surface area contributed by atoms with Crippen LogP contribution < -0.4 is 11.5 Å². The molecule has 0 bridgehead atoms. The van der Waals surface area contributed by atoms with Crippen LogP contribution in [0.2, 0.25) is 0 Å². The van der Waals surface area contributed by atoms with Gasteiger partial charge in [-0.05, 0) is 38.0 Å². The Kier molecular flexibility index (Phi) is 2.12. The monoisotopic (exact) mass is 249 g/mol. The molecule has 1 aromatic carbocycles. The smallest absolute Gasteiger partial charge is 0.282 e. The quantitative estimate of drug-likeness (QED) is 0.745. The number of benzene rings is 1. The Labute approximate surface area is 105 Å². The Hall–Kier alpha value is -1.78. The molecule has 1 saturated carbocycles. The van der Waals surface area contributed by atoms with Crippen molar-refractivity contribution in [2.24, 2.45) is 16.1 Å². The third-order valence-electron chi connectivity index (χ3n) is 4.23. The van der Waals surface area contributed by atoms with Gasteiger partial charge in [0.05, 0.1) is 6.61 Å². The minimum absolute atomic E-state index is 0.122. The van der Waals surface area contributed by atoms with Gasteiger partial charge in [-0.1, -0.05) is 0 Å². The van der Waals surface area contributed by atoms with Crippen molar-refractivity contribution in [1.82, 2.24) is 0 Å². The van der Waals surface area contributed by atoms with E-state index in [0.717, 1.165) is 12.8 Å². The number of nitrogens with zero attached hydrogens (tertiary/aromatic N) is 1. The molecule has 0 radical (unpaired) electrons. The zero-order valence-electron chi connectivity index (χ0n) is 10.2. The number of hydrogen-bond donors (Lipinski definition) is 2. The van der Waals surface area contributed by atoms with Crippen LogP contribution in [-0.4, -0.2) is 12.6 Å². The van der Waals surface area contributed by atoms with Crippen LogP contribution in [0.25, 0.3) is 0 Å². The molecule has 2 aliphatic rings. The van der Waals surface area contributed by atoms with Gasteiger partial charge >= 0.3 is 0 Å². The molecule has 0 amide bonds. The van der Waals surface area contributed by atoms with Crippen LogP contribution in [0.15, 0.2) is 23.2 Å². The maximum absolute atomic E-state index is 14.1. The van der Waals surface area contributed by atoms with Crippen molar-refractivity contribution in [2.45, 2.75) is 25.3 Å². The Bertz CT molecular complexity index is 539. The number of ether oxygens (including phenoxy) is 1. The topological polar surface area (TPSA) is 73.6 Å². The number of nitrogens with two attached hydrogens (primary N) is 2. The van der Waals surface area contributed by atoms with E-state index < -0.39 is 5.54 Å². The van der Waals surface area contributed by atoms with E-state index in [0.29, 0.717) is 17.9 Å². The fraction of sp³-hybridized carbons (Fsp3) is 0.462. The maximum atomic E-state index is 14.1. The number of anilines is 1. The van der Waals surface area contributed by atoms with E-state index in [1.807, 2.05) is 6.92 Å². The van der Waals surface area contributed by atoms with Crippen LogP contribution in [-0.2, 0) is 10.3 Å². The van der Waals surface area contributed by atoms with Crippen molar-refractivity contribution >= 4 is 11.7 Å². The molecule has 4 nitrogen and oxygen atoms in total. The fourth-order valence-electron chi connectivity index (χ4n) is 2.77. The Morgan fingerprint density at radius 1 is 1.33 bits per heavy atom. The summed E-state index contributed by atoms with van der Waals surface area (Å²) in [5, 5.41) is 0. The maximum Gasteiger partial charge on any atom is 0.282 e. The summed E-state index contributed by atoms with van der Waals surface area (Å²) < 4.78 is 19.4. The van der Waals surface area contributed by atoms with E-state index in [1.165, 1.54) is 6.07 Å². The van der Waals surface area contributed by atoms with E-state index in [-0.39, 0.29) is 17.3 Å². The summed E-state index contributed by atoms with van der Waals surface area (Å²) in [5.41, 5.74) is 11.6. The summed E-state index contributed by atoms with van der Waals surface area (Å²) in [5.74, 6) is -0.295. The zero-order valence-corrected chi connectivity index (χ0v) is 10.2. The van der Waals surface area contributed by atoms with Gasteiger partial charge < -0.3 is 16.2 Å². The first-order valence-corrected chi connectivity index (χ1v) is 6.01. The van der Waals surface area contributed by atoms with Crippen molar-refractivity contribution in [2.75, 3.05) is 12.3 Å². The lowest BCUT2D eigenvalue weighted by Crippen LogP contribution is -2.43. The summed E-state index contributed by atoms with van der Waals surface area (Å²) in [7, 11) is 0. The lowest BCUT2D eigenvalue weighted by molar-refractivity contribution is 0.114. The lowest BCUT2D eigenvalue weighted by Gasteiger charge is -2.38. The molecule has 1 fully saturated rings. The summed E-state index contributed by atoms with van der Waals surface area (Å²) in [6.07, 6.45) is 1.93. The second kappa shape index (κ2) is 3.37. The summed E-state index contributed by atoms with van der Waals surface area (Å²) in [4.78, 5) is 4.38. The van der Waals surface area contributed by atoms with Gasteiger partial charge in [-0.2, -0.15) is 0 Å². The van der Waals surface area contributed by atoms with Crippen LogP contribution in [0.5, 0.6) is 0 Å². The first-order valence-electron chi connectivity index (χ1n) is 6.01. The summed E-state index contributed by atoms with van der Waals surface area (Å²) >= 11 is 0. The van der Waals surface area contributed by atoms with Crippen LogP contribution >= 0.6 is 0 Å². The van der Waals surface area contributed by atoms with Gasteiger partial charge in [0, 0.05) is 16.7 Å². The van der Waals surface area contributed by atoms with Crippen molar-refractivity contribution in [3.05, 3.63) is 29.6 Å². The molecule has 1 spiro atoms. The lowest BCUT2D eigenvalue weighted by atomic mass is 9.76. The van der Waals surface area contributed by atoms with Crippen molar-refractivity contribution in [3.8, 4) is 0 Å². The number of aliphatic imine (C=N–C) groups is 1. The molecule has 5 heteroatoms. The van der Waals surface area contributed by atoms with Crippen LogP contribution in [0, 0.1) is 11.2 Å². The molecule has 0 saturated heterocycles. The second-order valence-corrected chi connectivity index (χ2v) is 5.33. The molecule has 0 aromatic heterocycles. The van der Waals surface area contributed by atoms with Crippen LogP contribution in [0.3, 0.4) is 0 Å². The van der Waals surface area contributed by atoms with Gasteiger partial charge in [0.1, 0.15) is 11.4 Å². The minimum Gasteiger partial charge on any atom is -0.465 e. The highest BCUT2D eigenvalue weighted by Crippen LogP contribution is 2.62. The molecule has 1 aliphatic heterocycles. The molecule has 96 valence electrons. The van der Waals surface area contributed by atoms with E-state index in [2.05, 4.69) is 4.99 Å². The van der Waals surface area contributed by atoms with Crippen molar-refractivity contribution < 1.29 is 9.13 Å². The Balaban J connectivity index is 2.18. The van der Waals surface area contributed by atoms with Crippen molar-refractivity contribution in [1.29, 1.82) is 0 Å². The minimum atomic E-state index is -0.686. The average Bonchev–Trinajstić information content (AvgIpc) is 3.09. The van der Waals surface area contributed by atoms with E-state index in [9.17, 15) is 4.39 Å². The number of amidine groups is 1. The number of nitrogen functional groups attached to an aromatic ring is 1. The highest BCUT2D eigenvalue weighted by Gasteiger charge is 2.61. The third kappa shape index (κ3) is 1.39. The highest BCUT2D eigenvalue weighted by molar-refractivity contribution is 5.73. The van der Waals surface area contributed by atoms with E-state index >= 15 is 0 Å². The second-order valence-electron chi connectivity index (χ2n) is 5.33. The summed E-state index contributed by atoms with van der Waals surface area (Å²) in [6.45, 7) is 2.40. The van der Waals surface area contributed by atoms with Gasteiger partial charge in [0.25, 0.3) is 6.02 Å². The van der Waals surface area contributed by atoms with E-state index in [1.54, 1.807) is 12.1 Å². The molecule has 1 unspecified atom stereocenters. The standard InChI is InChI=1S/C13H16FN3O/c1-12(9-6-8(15)2-3-10(9)14)13(4-5-13)7-18-11(16)17-12/h2-3,6H,4-5,7,15H2,1H3,(H2,16,17). The normalized spacial score (nSPS) is 28.7. The Morgan fingerprint density at radius 2 is 2.06 bits per heavy atom. The van der Waals surface area contributed by atoms with Crippen LogP contribution in [0.1, 0.15) is 25.3 Å². The summed E-state index contributed by atoms with van der Waals surface area (Å²) in [6, 6.07) is 4.70. The first-order chi connectivity index (χ1) is 8.47. The molecule has 1 atom stereocenters. The highest BCUT2D eigenvalue weighted by atomic mass is 19.1. The number of halogens is 1. The fourth-order valence-corrected chi connectivity index (χ4v) is 2.77. The van der Waals surface area contributed by atoms with Gasteiger partial charge in [-0.15, -0.1) is 0 Å². The number of hydrogen-bond acceptors (Lipinski definition) is 4. The molecule has 1 heterocycles. The van der Waals surface area contributed by atoms with Gasteiger partial charge in [0.2, 0.25) is 0 Å². The van der Waals surface area contributed by atoms with Gasteiger partial charge in [0.15, 0.2) is 0 Å². The SMILES string of the molecule is CC1(c2cc(N)ccc2F)N=C(N)OCC12CC2. The van der Waals surface area contributed by atoms with Crippen LogP contribution in [0.4, 0.5) is 10.1 Å².